The third-order valence-corrected chi connectivity index (χ3v) is 6.67. The van der Waals surface area contributed by atoms with E-state index in [1.807, 2.05) is 55.5 Å². The molecule has 178 valence electrons. The van der Waals surface area contributed by atoms with Gasteiger partial charge < -0.3 is 23.7 Å². The van der Waals surface area contributed by atoms with Crippen LogP contribution in [0.5, 0.6) is 5.75 Å². The maximum absolute atomic E-state index is 10.6. The van der Waals surface area contributed by atoms with Gasteiger partial charge in [-0.3, -0.25) is 4.90 Å². The fourth-order valence-electron chi connectivity index (χ4n) is 4.17. The number of rotatable bonds is 7. The highest BCUT2D eigenvalue weighted by Gasteiger charge is 2.21. The van der Waals surface area contributed by atoms with Gasteiger partial charge in [0.25, 0.3) is 0 Å². The zero-order chi connectivity index (χ0) is 23.7. The first-order valence-electron chi connectivity index (χ1n) is 11.2. The number of fused-ring (bicyclic) bond motifs is 1. The predicted octanol–water partition coefficient (Wildman–Crippen LogP) is 5.26. The summed E-state index contributed by atoms with van der Waals surface area (Å²) in [5.41, 5.74) is 2.54. The van der Waals surface area contributed by atoms with Gasteiger partial charge in [0.2, 0.25) is 5.76 Å². The second-order valence-electron chi connectivity index (χ2n) is 8.46. The number of aliphatic hydroxyl groups excluding tert-OH is 1. The molecule has 1 saturated heterocycles. The molecular formula is C25H25Cl2N3O4. The summed E-state index contributed by atoms with van der Waals surface area (Å²) in [5.74, 6) is 1.82. The average Bonchev–Trinajstić information content (AvgIpc) is 3.46. The Morgan fingerprint density at radius 1 is 1.03 bits per heavy atom. The largest absolute Gasteiger partial charge is 0.490 e. The first kappa shape index (κ1) is 23.1. The lowest BCUT2D eigenvalue weighted by molar-refractivity contribution is 0.0668. The van der Waals surface area contributed by atoms with E-state index >= 15 is 0 Å². The van der Waals surface area contributed by atoms with Crippen LogP contribution in [0.4, 0.5) is 5.69 Å². The van der Waals surface area contributed by atoms with E-state index in [0.29, 0.717) is 39.4 Å². The van der Waals surface area contributed by atoms with Crippen molar-refractivity contribution in [3.8, 4) is 17.3 Å². The Hall–Kier alpha value is -2.71. The van der Waals surface area contributed by atoms with Gasteiger partial charge in [0.1, 0.15) is 24.0 Å². The van der Waals surface area contributed by atoms with Gasteiger partial charge in [-0.15, -0.1) is 0 Å². The van der Waals surface area contributed by atoms with Crippen LogP contribution in [0.3, 0.4) is 0 Å². The Bertz CT molecular complexity index is 1280. The van der Waals surface area contributed by atoms with Crippen molar-refractivity contribution in [2.24, 2.45) is 0 Å². The minimum Gasteiger partial charge on any atom is -0.490 e. The molecule has 0 unspecified atom stereocenters. The smallest absolute Gasteiger partial charge is 0.202 e. The molecule has 1 atom stereocenters. The van der Waals surface area contributed by atoms with Crippen molar-refractivity contribution in [3.05, 3.63) is 64.3 Å². The molecule has 3 heterocycles. The lowest BCUT2D eigenvalue weighted by Gasteiger charge is -2.37. The quantitative estimate of drug-likeness (QED) is 0.369. The average molecular weight is 502 g/mol. The van der Waals surface area contributed by atoms with E-state index < -0.39 is 6.10 Å². The van der Waals surface area contributed by atoms with Crippen molar-refractivity contribution >= 4 is 39.9 Å². The molecule has 0 spiro atoms. The summed E-state index contributed by atoms with van der Waals surface area (Å²) in [6.07, 6.45) is -0.616. The number of benzene rings is 2. The molecule has 0 amide bonds. The maximum Gasteiger partial charge on any atom is 0.202 e. The second kappa shape index (κ2) is 9.88. The van der Waals surface area contributed by atoms with Crippen LogP contribution in [0.2, 0.25) is 10.0 Å². The van der Waals surface area contributed by atoms with Crippen molar-refractivity contribution < 1.29 is 18.8 Å². The fourth-order valence-corrected chi connectivity index (χ4v) is 4.46. The molecule has 2 aromatic heterocycles. The first-order chi connectivity index (χ1) is 16.5. The molecule has 0 aliphatic carbocycles. The summed E-state index contributed by atoms with van der Waals surface area (Å²) in [6.45, 7) is 5.97. The number of piperazine rings is 1. The van der Waals surface area contributed by atoms with Crippen LogP contribution in [0.25, 0.3) is 22.5 Å². The molecule has 1 fully saturated rings. The molecule has 2 aromatic carbocycles. The lowest BCUT2D eigenvalue weighted by atomic mass is 10.2. The van der Waals surface area contributed by atoms with E-state index in [4.69, 9.17) is 36.9 Å². The monoisotopic (exact) mass is 501 g/mol. The Kier molecular flexibility index (Phi) is 6.70. The van der Waals surface area contributed by atoms with Gasteiger partial charge in [-0.2, -0.15) is 0 Å². The van der Waals surface area contributed by atoms with Crippen molar-refractivity contribution in [1.82, 2.24) is 10.1 Å². The number of hydrogen-bond acceptors (Lipinski definition) is 7. The third-order valence-electron chi connectivity index (χ3n) is 5.93. The summed E-state index contributed by atoms with van der Waals surface area (Å²) in [5, 5.41) is 16.5. The number of anilines is 1. The number of nitrogens with zero attached hydrogens (tertiary/aromatic N) is 3. The SMILES string of the molecule is Cc1cc(-c2cc3c(OC[C@@H](O)CN4CCN(c5ccc(Cl)c(Cl)c5)CC4)cccc3o2)on1. The summed E-state index contributed by atoms with van der Waals surface area (Å²) < 4.78 is 17.2. The summed E-state index contributed by atoms with van der Waals surface area (Å²) in [6, 6.07) is 15.0. The minimum atomic E-state index is -0.616. The zero-order valence-electron chi connectivity index (χ0n) is 18.7. The minimum absolute atomic E-state index is 0.189. The van der Waals surface area contributed by atoms with Crippen molar-refractivity contribution in [2.45, 2.75) is 13.0 Å². The third kappa shape index (κ3) is 5.03. The number of aryl methyl sites for hydroxylation is 1. The van der Waals surface area contributed by atoms with E-state index in [0.717, 1.165) is 42.9 Å². The number of furan rings is 1. The topological polar surface area (TPSA) is 75.1 Å². The lowest BCUT2D eigenvalue weighted by Crippen LogP contribution is -2.49. The van der Waals surface area contributed by atoms with Crippen LogP contribution in [-0.4, -0.2) is 60.6 Å². The number of aliphatic hydroxyl groups is 1. The molecular weight excluding hydrogens is 477 g/mol. The van der Waals surface area contributed by atoms with E-state index in [2.05, 4.69) is 15.0 Å². The van der Waals surface area contributed by atoms with E-state index in [-0.39, 0.29) is 6.61 Å². The molecule has 4 aromatic rings. The van der Waals surface area contributed by atoms with Crippen molar-refractivity contribution in [2.75, 3.05) is 44.2 Å². The standard InChI is InChI=1S/C25H25Cl2N3O4/c1-16-11-25(34-28-16)24-13-19-22(3-2-4-23(19)33-24)32-15-18(31)14-29-7-9-30(10-8-29)17-5-6-20(26)21(27)12-17/h2-6,11-13,18,31H,7-10,14-15H2,1H3/t18-/m0/s1. The maximum atomic E-state index is 10.6. The molecule has 1 aliphatic heterocycles. The van der Waals surface area contributed by atoms with Crippen molar-refractivity contribution in [3.63, 3.8) is 0 Å². The van der Waals surface area contributed by atoms with Crippen LogP contribution < -0.4 is 9.64 Å². The predicted molar refractivity (Wildman–Crippen MR) is 133 cm³/mol. The summed E-state index contributed by atoms with van der Waals surface area (Å²) >= 11 is 12.2. The van der Waals surface area contributed by atoms with Gasteiger partial charge in [-0.1, -0.05) is 34.4 Å². The first-order valence-corrected chi connectivity index (χ1v) is 11.9. The highest BCUT2D eigenvalue weighted by Crippen LogP contribution is 2.34. The van der Waals surface area contributed by atoms with E-state index in [9.17, 15) is 5.11 Å². The van der Waals surface area contributed by atoms with Crippen molar-refractivity contribution in [1.29, 1.82) is 0 Å². The van der Waals surface area contributed by atoms with Crippen LogP contribution in [0.1, 0.15) is 5.69 Å². The Balaban J connectivity index is 1.16. The van der Waals surface area contributed by atoms with Gasteiger partial charge in [0.15, 0.2) is 5.76 Å². The Morgan fingerprint density at radius 2 is 1.85 bits per heavy atom. The molecule has 5 rings (SSSR count). The van der Waals surface area contributed by atoms with Gasteiger partial charge >= 0.3 is 0 Å². The highest BCUT2D eigenvalue weighted by atomic mass is 35.5. The van der Waals surface area contributed by atoms with Crippen LogP contribution in [0.15, 0.2) is 57.5 Å². The van der Waals surface area contributed by atoms with Gasteiger partial charge in [-0.05, 0) is 43.3 Å². The highest BCUT2D eigenvalue weighted by molar-refractivity contribution is 6.42. The molecule has 0 radical (unpaired) electrons. The van der Waals surface area contributed by atoms with Crippen LogP contribution in [0, 0.1) is 6.92 Å². The molecule has 0 bridgehead atoms. The Labute approximate surface area is 207 Å². The van der Waals surface area contributed by atoms with Crippen LogP contribution in [-0.2, 0) is 0 Å². The summed E-state index contributed by atoms with van der Waals surface area (Å²) in [7, 11) is 0. The normalized spacial score (nSPS) is 15.7. The molecule has 1 N–H and O–H groups in total. The number of halogens is 2. The molecule has 0 saturated carbocycles. The fraction of sp³-hybridized carbons (Fsp3) is 0.320. The molecule has 9 heteroatoms. The number of aromatic nitrogens is 1. The van der Waals surface area contributed by atoms with E-state index in [1.54, 1.807) is 0 Å². The second-order valence-corrected chi connectivity index (χ2v) is 9.28. The number of β-amino-alcohol motifs (C(OH)–C–C–N with tert-alkyl or cyclic N) is 1. The van der Waals surface area contributed by atoms with Gasteiger partial charge in [0.05, 0.1) is 21.1 Å². The van der Waals surface area contributed by atoms with E-state index in [1.165, 1.54) is 0 Å². The number of ether oxygens (including phenoxy) is 1. The number of hydrogen-bond donors (Lipinski definition) is 1. The van der Waals surface area contributed by atoms with Gasteiger partial charge in [-0.25, -0.2) is 0 Å². The Morgan fingerprint density at radius 3 is 2.59 bits per heavy atom. The molecule has 7 nitrogen and oxygen atoms in total. The van der Waals surface area contributed by atoms with Gasteiger partial charge in [0, 0.05) is 44.5 Å². The zero-order valence-corrected chi connectivity index (χ0v) is 20.2. The molecule has 1 aliphatic rings. The summed E-state index contributed by atoms with van der Waals surface area (Å²) in [4.78, 5) is 4.51. The molecule has 34 heavy (non-hydrogen) atoms. The van der Waals surface area contributed by atoms with Crippen LogP contribution >= 0.6 is 23.2 Å².